The largest absolute Gasteiger partial charge is 0.369 e. The molecule has 0 spiro atoms. The molecular weight excluding hydrogens is 456 g/mol. The number of ketones is 2. The van der Waals surface area contributed by atoms with Gasteiger partial charge >= 0.3 is 0 Å². The maximum absolute atomic E-state index is 13.8. The summed E-state index contributed by atoms with van der Waals surface area (Å²) in [5, 5.41) is 11.4. The van der Waals surface area contributed by atoms with E-state index in [0.29, 0.717) is 22.5 Å². The number of aromatic nitrogens is 2. The SMILES string of the molecule is O=C1/C(=C2/C(=O)c3ccccc3N2C(O)c2cccnc2)N(C(=O)c2cccnc2)c2ccccc21. The highest BCUT2D eigenvalue weighted by Crippen LogP contribution is 2.45. The number of hydrogen-bond donors (Lipinski definition) is 1. The van der Waals surface area contributed by atoms with Gasteiger partial charge in [-0.05, 0) is 42.5 Å². The van der Waals surface area contributed by atoms with Crippen LogP contribution in [0.3, 0.4) is 0 Å². The third-order valence-corrected chi connectivity index (χ3v) is 6.26. The number of rotatable bonds is 3. The molecule has 1 unspecified atom stereocenters. The summed E-state index contributed by atoms with van der Waals surface area (Å²) in [5.41, 5.74) is 1.88. The number of para-hydroxylation sites is 2. The molecule has 1 atom stereocenters. The van der Waals surface area contributed by atoms with Gasteiger partial charge in [0.1, 0.15) is 11.4 Å². The topological polar surface area (TPSA) is 104 Å². The van der Waals surface area contributed by atoms with E-state index in [1.807, 2.05) is 0 Å². The van der Waals surface area contributed by atoms with Gasteiger partial charge in [0, 0.05) is 41.5 Å². The molecule has 8 nitrogen and oxygen atoms in total. The second-order valence-electron chi connectivity index (χ2n) is 8.30. The molecule has 0 saturated heterocycles. The zero-order chi connectivity index (χ0) is 24.8. The van der Waals surface area contributed by atoms with Crippen LogP contribution in [-0.2, 0) is 0 Å². The molecule has 174 valence electrons. The Morgan fingerprint density at radius 2 is 1.33 bits per heavy atom. The molecule has 6 rings (SSSR count). The zero-order valence-electron chi connectivity index (χ0n) is 18.8. The van der Waals surface area contributed by atoms with Gasteiger partial charge in [-0.25, -0.2) is 0 Å². The lowest BCUT2D eigenvalue weighted by Crippen LogP contribution is -2.35. The molecule has 0 bridgehead atoms. The maximum Gasteiger partial charge on any atom is 0.264 e. The normalized spacial score (nSPS) is 17.2. The van der Waals surface area contributed by atoms with Gasteiger partial charge in [-0.15, -0.1) is 0 Å². The van der Waals surface area contributed by atoms with Crippen molar-refractivity contribution in [3.63, 3.8) is 0 Å². The Labute approximate surface area is 205 Å². The van der Waals surface area contributed by atoms with Crippen molar-refractivity contribution in [3.05, 3.63) is 131 Å². The smallest absolute Gasteiger partial charge is 0.264 e. The highest BCUT2D eigenvalue weighted by atomic mass is 16.3. The number of amides is 1. The van der Waals surface area contributed by atoms with Gasteiger partial charge in [-0.3, -0.25) is 29.3 Å². The molecule has 2 aromatic carbocycles. The van der Waals surface area contributed by atoms with Gasteiger partial charge < -0.3 is 10.0 Å². The quantitative estimate of drug-likeness (QED) is 0.449. The number of benzene rings is 2. The van der Waals surface area contributed by atoms with Crippen molar-refractivity contribution in [1.29, 1.82) is 0 Å². The Bertz CT molecular complexity index is 1570. The summed E-state index contributed by atoms with van der Waals surface area (Å²) in [6.45, 7) is 0. The summed E-state index contributed by atoms with van der Waals surface area (Å²) in [6.07, 6.45) is 4.68. The van der Waals surface area contributed by atoms with E-state index in [1.165, 1.54) is 22.2 Å². The van der Waals surface area contributed by atoms with Gasteiger partial charge in [0.05, 0.1) is 16.9 Å². The Morgan fingerprint density at radius 3 is 2.00 bits per heavy atom. The Balaban J connectivity index is 1.62. The first-order valence-corrected chi connectivity index (χ1v) is 11.2. The summed E-state index contributed by atoms with van der Waals surface area (Å²) in [6, 6.07) is 20.0. The highest BCUT2D eigenvalue weighted by molar-refractivity contribution is 6.32. The molecule has 8 heteroatoms. The first kappa shape index (κ1) is 21.6. The molecule has 1 N–H and O–H groups in total. The third kappa shape index (κ3) is 3.16. The fraction of sp³-hybridized carbons (Fsp3) is 0.0357. The monoisotopic (exact) mass is 474 g/mol. The van der Waals surface area contributed by atoms with Crippen LogP contribution in [0.25, 0.3) is 0 Å². The second kappa shape index (κ2) is 8.37. The van der Waals surface area contributed by atoms with Gasteiger partial charge in [-0.1, -0.05) is 30.3 Å². The summed E-state index contributed by atoms with van der Waals surface area (Å²) >= 11 is 0. The van der Waals surface area contributed by atoms with Gasteiger partial charge in [0.25, 0.3) is 5.91 Å². The van der Waals surface area contributed by atoms with E-state index in [9.17, 15) is 19.5 Å². The predicted molar refractivity (Wildman–Crippen MR) is 131 cm³/mol. The minimum absolute atomic E-state index is 0.0778. The lowest BCUT2D eigenvalue weighted by Gasteiger charge is -2.29. The highest BCUT2D eigenvalue weighted by Gasteiger charge is 2.46. The van der Waals surface area contributed by atoms with Crippen LogP contribution in [0.2, 0.25) is 0 Å². The number of pyridine rings is 2. The number of aliphatic hydroxyl groups is 1. The molecule has 0 fully saturated rings. The van der Waals surface area contributed by atoms with Crippen LogP contribution in [0.5, 0.6) is 0 Å². The molecule has 2 aliphatic rings. The van der Waals surface area contributed by atoms with Crippen molar-refractivity contribution in [2.45, 2.75) is 6.23 Å². The van der Waals surface area contributed by atoms with Crippen LogP contribution in [0.1, 0.15) is 42.9 Å². The molecule has 0 aliphatic carbocycles. The standard InChI is InChI=1S/C28H18N4O4/c33-25-19-9-1-3-11-21(19)31(27(35)17-7-5-13-29-15-17)23(25)24-26(34)20-10-2-4-12-22(20)32(24)28(36)18-8-6-14-30-16-18/h1-16,27,35H/b24-23+. The molecule has 36 heavy (non-hydrogen) atoms. The van der Waals surface area contributed by atoms with Crippen LogP contribution in [0.15, 0.2) is 109 Å². The van der Waals surface area contributed by atoms with E-state index < -0.39 is 23.7 Å². The first-order valence-electron chi connectivity index (χ1n) is 11.2. The number of carbonyl (C=O) groups excluding carboxylic acids is 3. The van der Waals surface area contributed by atoms with E-state index in [1.54, 1.807) is 85.2 Å². The summed E-state index contributed by atoms with van der Waals surface area (Å²) in [4.78, 5) is 52.1. The second-order valence-corrected chi connectivity index (χ2v) is 8.30. The molecule has 2 aliphatic heterocycles. The minimum Gasteiger partial charge on any atom is -0.369 e. The first-order chi connectivity index (χ1) is 17.6. The summed E-state index contributed by atoms with van der Waals surface area (Å²) in [7, 11) is 0. The summed E-state index contributed by atoms with van der Waals surface area (Å²) in [5.74, 6) is -1.46. The van der Waals surface area contributed by atoms with E-state index >= 15 is 0 Å². The van der Waals surface area contributed by atoms with Crippen molar-refractivity contribution < 1.29 is 19.5 Å². The van der Waals surface area contributed by atoms with E-state index in [-0.39, 0.29) is 22.5 Å². The number of anilines is 2. The van der Waals surface area contributed by atoms with Crippen molar-refractivity contribution in [3.8, 4) is 0 Å². The number of fused-ring (bicyclic) bond motifs is 2. The molecule has 4 heterocycles. The number of Topliss-reactive ketones (excluding diaryl/α,β-unsaturated/α-hetero) is 2. The maximum atomic E-state index is 13.8. The molecule has 0 radical (unpaired) electrons. The van der Waals surface area contributed by atoms with Crippen molar-refractivity contribution in [2.75, 3.05) is 9.80 Å². The van der Waals surface area contributed by atoms with Crippen LogP contribution in [-0.4, -0.2) is 32.5 Å². The average molecular weight is 474 g/mol. The number of allylic oxidation sites excluding steroid dienone is 2. The van der Waals surface area contributed by atoms with Crippen LogP contribution in [0.4, 0.5) is 11.4 Å². The van der Waals surface area contributed by atoms with Crippen LogP contribution >= 0.6 is 0 Å². The lowest BCUT2D eigenvalue weighted by molar-refractivity contribution is 0.0964. The average Bonchev–Trinajstić information content (AvgIpc) is 3.39. The number of nitrogens with zero attached hydrogens (tertiary/aromatic N) is 4. The summed E-state index contributed by atoms with van der Waals surface area (Å²) < 4.78 is 0. The molecule has 0 saturated carbocycles. The molecular formula is C28H18N4O4. The van der Waals surface area contributed by atoms with E-state index in [0.717, 1.165) is 0 Å². The van der Waals surface area contributed by atoms with Crippen molar-refractivity contribution in [1.82, 2.24) is 9.97 Å². The van der Waals surface area contributed by atoms with Crippen LogP contribution in [0, 0.1) is 0 Å². The number of carbonyl (C=O) groups is 3. The van der Waals surface area contributed by atoms with Gasteiger partial charge in [-0.2, -0.15) is 0 Å². The molecule has 1 amide bonds. The zero-order valence-corrected chi connectivity index (χ0v) is 18.8. The van der Waals surface area contributed by atoms with Gasteiger partial charge in [0.2, 0.25) is 11.6 Å². The number of hydrogen-bond acceptors (Lipinski definition) is 7. The van der Waals surface area contributed by atoms with Crippen LogP contribution < -0.4 is 9.80 Å². The Kier molecular flexibility index (Phi) is 5.01. The Hall–Kier alpha value is -4.95. The molecule has 4 aromatic rings. The van der Waals surface area contributed by atoms with E-state index in [2.05, 4.69) is 9.97 Å². The number of aliphatic hydroxyl groups excluding tert-OH is 1. The third-order valence-electron chi connectivity index (χ3n) is 6.26. The van der Waals surface area contributed by atoms with Gasteiger partial charge in [0.15, 0.2) is 6.23 Å². The minimum atomic E-state index is -1.33. The predicted octanol–water partition coefficient (Wildman–Crippen LogP) is 3.93. The van der Waals surface area contributed by atoms with E-state index in [4.69, 9.17) is 0 Å². The fourth-order valence-electron chi connectivity index (χ4n) is 4.64. The fourth-order valence-corrected chi connectivity index (χ4v) is 4.64. The van der Waals surface area contributed by atoms with Crippen molar-refractivity contribution >= 4 is 28.8 Å². The lowest BCUT2D eigenvalue weighted by atomic mass is 10.1. The Morgan fingerprint density at radius 1 is 0.722 bits per heavy atom. The van der Waals surface area contributed by atoms with Crippen molar-refractivity contribution in [2.24, 2.45) is 0 Å². The molecule has 2 aromatic heterocycles.